The van der Waals surface area contributed by atoms with Crippen molar-refractivity contribution >= 4 is 5.91 Å². The fourth-order valence-corrected chi connectivity index (χ4v) is 2.12. The molecule has 1 amide bonds. The van der Waals surface area contributed by atoms with Crippen molar-refractivity contribution in [2.45, 2.75) is 31.7 Å². The lowest BCUT2D eigenvalue weighted by Crippen LogP contribution is -2.49. The Balaban J connectivity index is 1.89. The van der Waals surface area contributed by atoms with Crippen LogP contribution in [0, 0.1) is 0 Å². The van der Waals surface area contributed by atoms with Crippen molar-refractivity contribution in [2.24, 2.45) is 0 Å². The maximum atomic E-state index is 12.0. The van der Waals surface area contributed by atoms with Crippen LogP contribution in [0.4, 0.5) is 0 Å². The highest BCUT2D eigenvalue weighted by Gasteiger charge is 2.25. The first-order chi connectivity index (χ1) is 6.88. The van der Waals surface area contributed by atoms with Gasteiger partial charge in [-0.3, -0.25) is 4.79 Å². The number of piperidine rings is 1. The highest BCUT2D eigenvalue weighted by molar-refractivity contribution is 5.82. The molecule has 78 valence electrons. The normalized spacial score (nSPS) is 27.7. The van der Waals surface area contributed by atoms with Crippen molar-refractivity contribution in [3.63, 3.8) is 0 Å². The summed E-state index contributed by atoms with van der Waals surface area (Å²) in [4.78, 5) is 13.9. The number of carbonyl (C=O) groups excluding carboxylic acids is 1. The fourth-order valence-electron chi connectivity index (χ4n) is 2.12. The van der Waals surface area contributed by atoms with Crippen molar-refractivity contribution in [1.82, 2.24) is 10.2 Å². The third kappa shape index (κ3) is 2.15. The van der Waals surface area contributed by atoms with Gasteiger partial charge in [0.05, 0.1) is 6.04 Å². The van der Waals surface area contributed by atoms with Gasteiger partial charge in [0.25, 0.3) is 0 Å². The summed E-state index contributed by atoms with van der Waals surface area (Å²) in [6.07, 6.45) is 8.66. The zero-order chi connectivity index (χ0) is 9.80. The average molecular weight is 194 g/mol. The highest BCUT2D eigenvalue weighted by atomic mass is 16.2. The Bertz CT molecular complexity index is 231. The lowest BCUT2D eigenvalue weighted by Gasteiger charge is -2.30. The van der Waals surface area contributed by atoms with Gasteiger partial charge >= 0.3 is 0 Å². The summed E-state index contributed by atoms with van der Waals surface area (Å²) in [6.45, 7) is 2.70. The maximum Gasteiger partial charge on any atom is 0.239 e. The fraction of sp³-hybridized carbons (Fsp3) is 0.727. The number of nitrogens with zero attached hydrogens (tertiary/aromatic N) is 1. The number of rotatable bonds is 1. The second kappa shape index (κ2) is 4.60. The molecule has 2 aliphatic heterocycles. The molecule has 3 nitrogen and oxygen atoms in total. The van der Waals surface area contributed by atoms with Crippen molar-refractivity contribution in [3.8, 4) is 0 Å². The van der Waals surface area contributed by atoms with Gasteiger partial charge in [0, 0.05) is 13.1 Å². The van der Waals surface area contributed by atoms with E-state index >= 15 is 0 Å². The summed E-state index contributed by atoms with van der Waals surface area (Å²) in [7, 11) is 0. The molecular weight excluding hydrogens is 176 g/mol. The summed E-state index contributed by atoms with van der Waals surface area (Å²) < 4.78 is 0. The van der Waals surface area contributed by atoms with E-state index in [1.165, 1.54) is 12.8 Å². The van der Waals surface area contributed by atoms with E-state index in [1.54, 1.807) is 0 Å². The summed E-state index contributed by atoms with van der Waals surface area (Å²) in [5, 5.41) is 3.30. The van der Waals surface area contributed by atoms with Crippen molar-refractivity contribution in [1.29, 1.82) is 0 Å². The minimum atomic E-state index is 0.0928. The molecule has 0 bridgehead atoms. The Kier molecular flexibility index (Phi) is 3.19. The largest absolute Gasteiger partial charge is 0.337 e. The van der Waals surface area contributed by atoms with Gasteiger partial charge in [0.1, 0.15) is 0 Å². The molecule has 1 saturated heterocycles. The number of carbonyl (C=O) groups is 1. The van der Waals surface area contributed by atoms with E-state index in [1.807, 2.05) is 4.90 Å². The van der Waals surface area contributed by atoms with E-state index in [0.29, 0.717) is 5.91 Å². The molecule has 0 unspecified atom stereocenters. The second-order valence-corrected chi connectivity index (χ2v) is 4.05. The lowest BCUT2D eigenvalue weighted by molar-refractivity contribution is -0.133. The van der Waals surface area contributed by atoms with Crippen LogP contribution < -0.4 is 5.32 Å². The standard InChI is InChI=1S/C11H18N2O/c14-11(10-6-2-3-7-12-10)13-8-4-1-5-9-13/h1,4,10,12H,2-3,5-9H2/t10-/m1/s1. The molecule has 14 heavy (non-hydrogen) atoms. The molecule has 1 N–H and O–H groups in total. The van der Waals surface area contributed by atoms with Crippen molar-refractivity contribution in [3.05, 3.63) is 12.2 Å². The van der Waals surface area contributed by atoms with Crippen LogP contribution in [0.15, 0.2) is 12.2 Å². The molecule has 1 fully saturated rings. The third-order valence-corrected chi connectivity index (χ3v) is 2.98. The van der Waals surface area contributed by atoms with Crippen LogP contribution in [0.25, 0.3) is 0 Å². The Morgan fingerprint density at radius 1 is 1.36 bits per heavy atom. The average Bonchev–Trinajstić information content (AvgIpc) is 2.30. The Hall–Kier alpha value is -0.830. The Labute approximate surface area is 85.2 Å². The summed E-state index contributed by atoms with van der Waals surface area (Å²) in [6, 6.07) is 0.0928. The molecule has 2 heterocycles. The van der Waals surface area contributed by atoms with Crippen LogP contribution in [0.1, 0.15) is 25.7 Å². The molecule has 1 atom stereocenters. The first-order valence-electron chi connectivity index (χ1n) is 5.55. The predicted octanol–water partition coefficient (Wildman–Crippen LogP) is 0.917. The maximum absolute atomic E-state index is 12.0. The zero-order valence-corrected chi connectivity index (χ0v) is 8.54. The van der Waals surface area contributed by atoms with E-state index in [4.69, 9.17) is 0 Å². The monoisotopic (exact) mass is 194 g/mol. The van der Waals surface area contributed by atoms with E-state index < -0.39 is 0 Å². The minimum Gasteiger partial charge on any atom is -0.337 e. The molecule has 3 heteroatoms. The van der Waals surface area contributed by atoms with Crippen LogP contribution in [-0.4, -0.2) is 36.5 Å². The van der Waals surface area contributed by atoms with Gasteiger partial charge < -0.3 is 10.2 Å². The molecule has 0 saturated carbocycles. The van der Waals surface area contributed by atoms with Gasteiger partial charge in [-0.1, -0.05) is 18.6 Å². The van der Waals surface area contributed by atoms with Gasteiger partial charge in [-0.2, -0.15) is 0 Å². The van der Waals surface area contributed by atoms with E-state index in [0.717, 1.165) is 32.5 Å². The topological polar surface area (TPSA) is 32.3 Å². The summed E-state index contributed by atoms with van der Waals surface area (Å²) in [5.74, 6) is 0.300. The first kappa shape index (κ1) is 9.71. The van der Waals surface area contributed by atoms with Gasteiger partial charge in [-0.25, -0.2) is 0 Å². The quantitative estimate of drug-likeness (QED) is 0.629. The Morgan fingerprint density at radius 2 is 2.29 bits per heavy atom. The summed E-state index contributed by atoms with van der Waals surface area (Å²) in [5.41, 5.74) is 0. The van der Waals surface area contributed by atoms with Crippen LogP contribution >= 0.6 is 0 Å². The van der Waals surface area contributed by atoms with E-state index in [-0.39, 0.29) is 6.04 Å². The number of nitrogens with one attached hydrogen (secondary N) is 1. The minimum absolute atomic E-state index is 0.0928. The second-order valence-electron chi connectivity index (χ2n) is 4.05. The molecule has 0 aromatic carbocycles. The molecular formula is C11H18N2O. The molecule has 2 aliphatic rings. The third-order valence-electron chi connectivity index (χ3n) is 2.98. The van der Waals surface area contributed by atoms with E-state index in [9.17, 15) is 4.79 Å². The highest BCUT2D eigenvalue weighted by Crippen LogP contribution is 2.11. The van der Waals surface area contributed by atoms with Gasteiger partial charge in [0.2, 0.25) is 5.91 Å². The molecule has 0 spiro atoms. The SMILES string of the molecule is O=C([C@H]1CCCCN1)N1CC=CCC1. The zero-order valence-electron chi connectivity index (χ0n) is 8.54. The number of hydrogen-bond acceptors (Lipinski definition) is 2. The Morgan fingerprint density at radius 3 is 2.93 bits per heavy atom. The molecule has 0 aromatic rings. The summed E-state index contributed by atoms with van der Waals surface area (Å²) >= 11 is 0. The van der Waals surface area contributed by atoms with Crippen LogP contribution in [-0.2, 0) is 4.79 Å². The van der Waals surface area contributed by atoms with E-state index in [2.05, 4.69) is 17.5 Å². The van der Waals surface area contributed by atoms with Gasteiger partial charge in [-0.05, 0) is 25.8 Å². The van der Waals surface area contributed by atoms with Crippen LogP contribution in [0.3, 0.4) is 0 Å². The van der Waals surface area contributed by atoms with Gasteiger partial charge in [-0.15, -0.1) is 0 Å². The van der Waals surface area contributed by atoms with Crippen molar-refractivity contribution in [2.75, 3.05) is 19.6 Å². The predicted molar refractivity (Wildman–Crippen MR) is 56.0 cm³/mol. The lowest BCUT2D eigenvalue weighted by atomic mass is 10.0. The molecule has 0 radical (unpaired) electrons. The molecule has 2 rings (SSSR count). The van der Waals surface area contributed by atoms with Crippen LogP contribution in [0.2, 0.25) is 0 Å². The number of amides is 1. The van der Waals surface area contributed by atoms with Gasteiger partial charge in [0.15, 0.2) is 0 Å². The molecule has 0 aromatic heterocycles. The molecule has 0 aliphatic carbocycles. The first-order valence-corrected chi connectivity index (χ1v) is 5.55. The number of hydrogen-bond donors (Lipinski definition) is 1. The van der Waals surface area contributed by atoms with Crippen molar-refractivity contribution < 1.29 is 4.79 Å². The van der Waals surface area contributed by atoms with Crippen LogP contribution in [0.5, 0.6) is 0 Å². The smallest absolute Gasteiger partial charge is 0.239 e.